The second-order valence-corrected chi connectivity index (χ2v) is 5.29. The molecule has 1 N–H and O–H groups in total. The van der Waals surface area contributed by atoms with Crippen LogP contribution in [0, 0.1) is 5.82 Å². The van der Waals surface area contributed by atoms with Crippen molar-refractivity contribution in [1.29, 1.82) is 0 Å². The number of halogens is 4. The highest BCUT2D eigenvalue weighted by atomic mass is 35.5. The molecule has 2 rings (SSSR count). The molecule has 2 aromatic rings. The SMILES string of the molecule is OC(Cc1cccc(Cl)c1Cl)c1ccc(F)cc1Cl. The number of aliphatic hydroxyl groups is 1. The second-order valence-electron chi connectivity index (χ2n) is 4.10. The van der Waals surface area contributed by atoms with Crippen molar-refractivity contribution in [1.82, 2.24) is 0 Å². The van der Waals surface area contributed by atoms with E-state index in [1.54, 1.807) is 18.2 Å². The smallest absolute Gasteiger partial charge is 0.124 e. The van der Waals surface area contributed by atoms with E-state index in [0.717, 1.165) is 0 Å². The van der Waals surface area contributed by atoms with Gasteiger partial charge in [0.15, 0.2) is 0 Å². The molecule has 5 heteroatoms. The molecule has 0 fully saturated rings. The summed E-state index contributed by atoms with van der Waals surface area (Å²) in [6, 6.07) is 9.08. The highest BCUT2D eigenvalue weighted by Gasteiger charge is 2.15. The lowest BCUT2D eigenvalue weighted by atomic mass is 10.0. The van der Waals surface area contributed by atoms with Crippen LogP contribution in [-0.2, 0) is 6.42 Å². The number of rotatable bonds is 3. The maximum atomic E-state index is 13.0. The molecule has 0 spiro atoms. The van der Waals surface area contributed by atoms with Crippen LogP contribution in [0.25, 0.3) is 0 Å². The van der Waals surface area contributed by atoms with E-state index in [1.807, 2.05) is 0 Å². The molecular formula is C14H10Cl3FO. The van der Waals surface area contributed by atoms with Gasteiger partial charge in [-0.25, -0.2) is 4.39 Å². The maximum Gasteiger partial charge on any atom is 0.124 e. The Bertz CT molecular complexity index is 601. The Kier molecular flexibility index (Phi) is 4.69. The van der Waals surface area contributed by atoms with E-state index in [1.165, 1.54) is 18.2 Å². The normalized spacial score (nSPS) is 12.5. The highest BCUT2D eigenvalue weighted by Crippen LogP contribution is 2.31. The molecule has 2 aromatic carbocycles. The lowest BCUT2D eigenvalue weighted by Gasteiger charge is -2.14. The molecule has 19 heavy (non-hydrogen) atoms. The van der Waals surface area contributed by atoms with Gasteiger partial charge in [0.05, 0.1) is 16.1 Å². The largest absolute Gasteiger partial charge is 0.388 e. The number of hydrogen-bond acceptors (Lipinski definition) is 1. The Balaban J connectivity index is 2.25. The third-order valence-electron chi connectivity index (χ3n) is 2.77. The van der Waals surface area contributed by atoms with Crippen molar-refractivity contribution in [2.24, 2.45) is 0 Å². The minimum Gasteiger partial charge on any atom is -0.388 e. The van der Waals surface area contributed by atoms with E-state index in [2.05, 4.69) is 0 Å². The first-order chi connectivity index (χ1) is 8.99. The fourth-order valence-electron chi connectivity index (χ4n) is 1.80. The summed E-state index contributed by atoms with van der Waals surface area (Å²) in [6.45, 7) is 0. The van der Waals surface area contributed by atoms with Gasteiger partial charge >= 0.3 is 0 Å². The topological polar surface area (TPSA) is 20.2 Å². The molecule has 1 nitrogen and oxygen atoms in total. The van der Waals surface area contributed by atoms with Gasteiger partial charge in [-0.15, -0.1) is 0 Å². The van der Waals surface area contributed by atoms with E-state index >= 15 is 0 Å². The molecule has 0 saturated heterocycles. The van der Waals surface area contributed by atoms with Gasteiger partial charge in [-0.2, -0.15) is 0 Å². The third kappa shape index (κ3) is 3.40. The third-order valence-corrected chi connectivity index (χ3v) is 3.95. The van der Waals surface area contributed by atoms with Crippen molar-refractivity contribution in [2.75, 3.05) is 0 Å². The van der Waals surface area contributed by atoms with Crippen molar-refractivity contribution in [3.8, 4) is 0 Å². The minimum atomic E-state index is -0.871. The van der Waals surface area contributed by atoms with Gasteiger partial charge in [0.1, 0.15) is 5.82 Å². The van der Waals surface area contributed by atoms with Crippen LogP contribution >= 0.6 is 34.8 Å². The van der Waals surface area contributed by atoms with Crippen LogP contribution in [0.1, 0.15) is 17.2 Å². The molecule has 0 aliphatic heterocycles. The van der Waals surface area contributed by atoms with Crippen molar-refractivity contribution in [2.45, 2.75) is 12.5 Å². The quantitative estimate of drug-likeness (QED) is 0.838. The van der Waals surface area contributed by atoms with Crippen LogP contribution in [0.15, 0.2) is 36.4 Å². The zero-order valence-corrected chi connectivity index (χ0v) is 12.0. The summed E-state index contributed by atoms with van der Waals surface area (Å²) in [5, 5.41) is 11.2. The van der Waals surface area contributed by atoms with Gasteiger partial charge in [0.2, 0.25) is 0 Å². The van der Waals surface area contributed by atoms with Gasteiger partial charge in [-0.05, 0) is 29.3 Å². The fraction of sp³-hybridized carbons (Fsp3) is 0.143. The Morgan fingerprint density at radius 2 is 1.79 bits per heavy atom. The number of benzene rings is 2. The number of aliphatic hydroxyl groups excluding tert-OH is 1. The molecule has 0 bridgehead atoms. The van der Waals surface area contributed by atoms with E-state index in [-0.39, 0.29) is 11.4 Å². The summed E-state index contributed by atoms with van der Waals surface area (Å²) >= 11 is 17.9. The van der Waals surface area contributed by atoms with E-state index < -0.39 is 11.9 Å². The van der Waals surface area contributed by atoms with Crippen molar-refractivity contribution < 1.29 is 9.50 Å². The molecule has 0 saturated carbocycles. The summed E-state index contributed by atoms with van der Waals surface area (Å²) in [5.41, 5.74) is 1.17. The first-order valence-corrected chi connectivity index (χ1v) is 6.68. The van der Waals surface area contributed by atoms with Crippen molar-refractivity contribution in [3.63, 3.8) is 0 Å². The summed E-state index contributed by atoms with van der Waals surface area (Å²) in [7, 11) is 0. The first-order valence-electron chi connectivity index (χ1n) is 5.55. The molecule has 0 aliphatic rings. The maximum absolute atomic E-state index is 13.0. The van der Waals surface area contributed by atoms with Gasteiger partial charge in [-0.1, -0.05) is 53.0 Å². The molecule has 1 atom stereocenters. The Morgan fingerprint density at radius 3 is 2.47 bits per heavy atom. The molecule has 0 amide bonds. The summed E-state index contributed by atoms with van der Waals surface area (Å²) in [6.07, 6.45) is -0.617. The lowest BCUT2D eigenvalue weighted by molar-refractivity contribution is 0.178. The van der Waals surface area contributed by atoms with E-state index in [0.29, 0.717) is 21.2 Å². The molecule has 1 unspecified atom stereocenters. The summed E-state index contributed by atoms with van der Waals surface area (Å²) < 4.78 is 13.0. The average molecular weight is 320 g/mol. The van der Waals surface area contributed by atoms with Crippen LogP contribution in [0.2, 0.25) is 15.1 Å². The van der Waals surface area contributed by atoms with Gasteiger partial charge in [0.25, 0.3) is 0 Å². The van der Waals surface area contributed by atoms with Crippen LogP contribution in [0.3, 0.4) is 0 Å². The van der Waals surface area contributed by atoms with Gasteiger partial charge in [0, 0.05) is 11.4 Å². The second kappa shape index (κ2) is 6.10. The van der Waals surface area contributed by atoms with Gasteiger partial charge in [-0.3, -0.25) is 0 Å². The monoisotopic (exact) mass is 318 g/mol. The van der Waals surface area contributed by atoms with Crippen LogP contribution in [0.4, 0.5) is 4.39 Å². The first kappa shape index (κ1) is 14.6. The zero-order valence-electron chi connectivity index (χ0n) is 9.71. The Labute approximate surface area is 125 Å². The molecule has 0 aliphatic carbocycles. The average Bonchev–Trinajstić information content (AvgIpc) is 2.34. The lowest BCUT2D eigenvalue weighted by Crippen LogP contribution is -2.03. The predicted molar refractivity (Wildman–Crippen MR) is 76.5 cm³/mol. The van der Waals surface area contributed by atoms with E-state index in [4.69, 9.17) is 34.8 Å². The van der Waals surface area contributed by atoms with Crippen molar-refractivity contribution in [3.05, 3.63) is 68.4 Å². The Hall–Kier alpha value is -0.800. The molecule has 0 heterocycles. The minimum absolute atomic E-state index is 0.186. The van der Waals surface area contributed by atoms with Crippen LogP contribution in [-0.4, -0.2) is 5.11 Å². The summed E-state index contributed by atoms with van der Waals surface area (Å²) in [5.74, 6) is -0.443. The predicted octanol–water partition coefficient (Wildman–Crippen LogP) is 5.06. The Morgan fingerprint density at radius 1 is 1.05 bits per heavy atom. The molecule has 0 aromatic heterocycles. The number of hydrogen-bond donors (Lipinski definition) is 1. The summed E-state index contributed by atoms with van der Waals surface area (Å²) in [4.78, 5) is 0. The van der Waals surface area contributed by atoms with Gasteiger partial charge < -0.3 is 5.11 Å². The zero-order chi connectivity index (χ0) is 14.0. The van der Waals surface area contributed by atoms with E-state index in [9.17, 15) is 9.50 Å². The van der Waals surface area contributed by atoms with Crippen molar-refractivity contribution >= 4 is 34.8 Å². The van der Waals surface area contributed by atoms with Crippen LogP contribution < -0.4 is 0 Å². The van der Waals surface area contributed by atoms with Crippen LogP contribution in [0.5, 0.6) is 0 Å². The molecule has 100 valence electrons. The highest BCUT2D eigenvalue weighted by molar-refractivity contribution is 6.42. The molecule has 0 radical (unpaired) electrons. The molecular weight excluding hydrogens is 310 g/mol. The fourth-order valence-corrected chi connectivity index (χ4v) is 2.49. The standard InChI is InChI=1S/C14H10Cl3FO/c15-11-3-1-2-8(14(11)17)6-13(19)10-5-4-9(18)7-12(10)16/h1-5,7,13,19H,6H2.